The Morgan fingerprint density at radius 3 is 2.60 bits per heavy atom. The number of benzene rings is 2. The minimum Gasteiger partial charge on any atom is -0.385 e. The van der Waals surface area contributed by atoms with E-state index in [1.807, 2.05) is 36.4 Å². The van der Waals surface area contributed by atoms with Gasteiger partial charge in [-0.1, -0.05) is 47.6 Å². The first kappa shape index (κ1) is 24.6. The predicted molar refractivity (Wildman–Crippen MR) is 132 cm³/mol. The fraction of sp³-hybridized carbons (Fsp3) is 0.385. The third-order valence-corrected chi connectivity index (χ3v) is 6.06. The van der Waals surface area contributed by atoms with Crippen LogP contribution in [0.15, 0.2) is 59.1 Å². The monoisotopic (exact) mass is 477 g/mol. The van der Waals surface area contributed by atoms with Crippen LogP contribution in [-0.4, -0.2) is 60.2 Å². The Balaban J connectivity index is 1.27. The van der Waals surface area contributed by atoms with Crippen molar-refractivity contribution in [3.8, 4) is 11.4 Å². The summed E-state index contributed by atoms with van der Waals surface area (Å²) in [5.74, 6) is 0.759. The number of para-hydroxylation sites is 1. The van der Waals surface area contributed by atoms with E-state index in [2.05, 4.69) is 25.7 Å². The number of piperidine rings is 1. The summed E-state index contributed by atoms with van der Waals surface area (Å²) in [6.45, 7) is 3.16. The highest BCUT2D eigenvalue weighted by Gasteiger charge is 2.27. The Bertz CT molecular complexity index is 1110. The van der Waals surface area contributed by atoms with Crippen molar-refractivity contribution in [2.45, 2.75) is 25.8 Å². The van der Waals surface area contributed by atoms with Crippen molar-refractivity contribution in [3.63, 3.8) is 0 Å². The first-order chi connectivity index (χ1) is 17.1. The molecule has 0 bridgehead atoms. The summed E-state index contributed by atoms with van der Waals surface area (Å²) >= 11 is 0. The number of hydrogen-bond donors (Lipinski definition) is 2. The number of rotatable bonds is 10. The van der Waals surface area contributed by atoms with Gasteiger partial charge < -0.3 is 19.9 Å². The maximum Gasteiger partial charge on any atom is 0.253 e. The minimum absolute atomic E-state index is 0.0616. The van der Waals surface area contributed by atoms with Crippen LogP contribution in [0.3, 0.4) is 0 Å². The van der Waals surface area contributed by atoms with Crippen molar-refractivity contribution >= 4 is 17.5 Å². The average molecular weight is 478 g/mol. The van der Waals surface area contributed by atoms with E-state index in [1.165, 1.54) is 0 Å². The van der Waals surface area contributed by atoms with Crippen LogP contribution >= 0.6 is 0 Å². The van der Waals surface area contributed by atoms with E-state index < -0.39 is 0 Å². The molecule has 9 heteroatoms. The van der Waals surface area contributed by atoms with Crippen LogP contribution in [0.2, 0.25) is 0 Å². The molecule has 0 saturated carbocycles. The molecule has 1 aliphatic heterocycles. The molecule has 184 valence electrons. The Hall–Kier alpha value is -3.56. The van der Waals surface area contributed by atoms with E-state index in [0.29, 0.717) is 42.7 Å². The van der Waals surface area contributed by atoms with Gasteiger partial charge in [-0.25, -0.2) is 0 Å². The molecule has 3 aromatic rings. The van der Waals surface area contributed by atoms with E-state index in [-0.39, 0.29) is 17.7 Å². The highest BCUT2D eigenvalue weighted by molar-refractivity contribution is 6.04. The van der Waals surface area contributed by atoms with Gasteiger partial charge in [-0.15, -0.1) is 0 Å². The topological polar surface area (TPSA) is 110 Å². The van der Waals surface area contributed by atoms with Crippen molar-refractivity contribution < 1.29 is 18.8 Å². The van der Waals surface area contributed by atoms with Crippen LogP contribution in [0.25, 0.3) is 11.4 Å². The smallest absolute Gasteiger partial charge is 0.253 e. The van der Waals surface area contributed by atoms with Crippen molar-refractivity contribution in [3.05, 3.63) is 66.1 Å². The third kappa shape index (κ3) is 6.74. The molecule has 1 saturated heterocycles. The van der Waals surface area contributed by atoms with Crippen molar-refractivity contribution in [1.29, 1.82) is 0 Å². The molecule has 0 radical (unpaired) electrons. The largest absolute Gasteiger partial charge is 0.385 e. The highest BCUT2D eigenvalue weighted by Crippen LogP contribution is 2.23. The van der Waals surface area contributed by atoms with E-state index in [1.54, 1.807) is 25.3 Å². The normalized spacial score (nSPS) is 14.5. The maximum absolute atomic E-state index is 12.9. The quantitative estimate of drug-likeness (QED) is 0.431. The first-order valence-electron chi connectivity index (χ1n) is 11.9. The van der Waals surface area contributed by atoms with Gasteiger partial charge in [0.1, 0.15) is 0 Å². The first-order valence-corrected chi connectivity index (χ1v) is 11.9. The Labute approximate surface area is 204 Å². The number of nitrogens with zero attached hydrogens (tertiary/aromatic N) is 3. The van der Waals surface area contributed by atoms with Crippen LogP contribution in [0, 0.1) is 5.92 Å². The number of methoxy groups -OCH3 is 1. The molecule has 35 heavy (non-hydrogen) atoms. The van der Waals surface area contributed by atoms with Crippen LogP contribution in [0.5, 0.6) is 0 Å². The van der Waals surface area contributed by atoms with Gasteiger partial charge in [-0.3, -0.25) is 14.5 Å². The van der Waals surface area contributed by atoms with Gasteiger partial charge in [-0.05, 0) is 44.5 Å². The van der Waals surface area contributed by atoms with E-state index in [0.717, 1.165) is 37.9 Å². The molecule has 9 nitrogen and oxygen atoms in total. The lowest BCUT2D eigenvalue weighted by molar-refractivity contribution is -0.121. The number of hydrogen-bond acceptors (Lipinski definition) is 7. The Morgan fingerprint density at radius 1 is 1.09 bits per heavy atom. The molecule has 0 spiro atoms. The molecular formula is C26H31N5O4. The zero-order chi connectivity index (χ0) is 24.5. The second-order valence-electron chi connectivity index (χ2n) is 8.57. The summed E-state index contributed by atoms with van der Waals surface area (Å²) in [5, 5.41) is 9.91. The summed E-state index contributed by atoms with van der Waals surface area (Å²) in [7, 11) is 1.63. The second-order valence-corrected chi connectivity index (χ2v) is 8.57. The zero-order valence-corrected chi connectivity index (χ0v) is 19.9. The van der Waals surface area contributed by atoms with Crippen molar-refractivity contribution in [2.24, 2.45) is 5.92 Å². The molecule has 1 fully saturated rings. The van der Waals surface area contributed by atoms with Gasteiger partial charge in [0.15, 0.2) is 0 Å². The molecule has 1 aromatic heterocycles. The van der Waals surface area contributed by atoms with E-state index in [9.17, 15) is 9.59 Å². The van der Waals surface area contributed by atoms with Crippen LogP contribution in [0.4, 0.5) is 5.69 Å². The van der Waals surface area contributed by atoms with Gasteiger partial charge in [0.05, 0.1) is 17.8 Å². The van der Waals surface area contributed by atoms with E-state index >= 15 is 0 Å². The summed E-state index contributed by atoms with van der Waals surface area (Å²) in [6, 6.07) is 16.8. The van der Waals surface area contributed by atoms with Gasteiger partial charge in [0.2, 0.25) is 17.6 Å². The number of nitrogens with one attached hydrogen (secondary N) is 2. The van der Waals surface area contributed by atoms with Gasteiger partial charge in [0, 0.05) is 31.7 Å². The standard InChI is InChI=1S/C26H31N5O4/c1-34-17-7-14-27-26(33)21-10-5-6-11-22(21)28-25(32)20-12-15-31(16-13-20)18-23-29-24(30-35-23)19-8-3-2-4-9-19/h2-6,8-11,20H,7,12-18H2,1H3,(H,27,33)(H,28,32). The highest BCUT2D eigenvalue weighted by atomic mass is 16.5. The molecule has 0 atom stereocenters. The zero-order valence-electron chi connectivity index (χ0n) is 19.9. The number of carbonyl (C=O) groups is 2. The molecule has 2 amide bonds. The van der Waals surface area contributed by atoms with Gasteiger partial charge in [-0.2, -0.15) is 4.98 Å². The number of likely N-dealkylation sites (tertiary alicyclic amines) is 1. The Morgan fingerprint density at radius 2 is 1.83 bits per heavy atom. The molecule has 0 unspecified atom stereocenters. The SMILES string of the molecule is COCCCNC(=O)c1ccccc1NC(=O)C1CCN(Cc2nc(-c3ccccc3)no2)CC1. The fourth-order valence-corrected chi connectivity index (χ4v) is 4.11. The molecule has 1 aliphatic rings. The average Bonchev–Trinajstić information content (AvgIpc) is 3.36. The number of carbonyl (C=O) groups excluding carboxylic acids is 2. The lowest BCUT2D eigenvalue weighted by Crippen LogP contribution is -2.38. The molecule has 2 aromatic carbocycles. The lowest BCUT2D eigenvalue weighted by atomic mass is 9.95. The van der Waals surface area contributed by atoms with Crippen LogP contribution in [0.1, 0.15) is 35.5 Å². The number of anilines is 1. The molecule has 2 N–H and O–H groups in total. The van der Waals surface area contributed by atoms with E-state index in [4.69, 9.17) is 9.26 Å². The molecular weight excluding hydrogens is 446 g/mol. The minimum atomic E-state index is -0.207. The van der Waals surface area contributed by atoms with Crippen LogP contribution < -0.4 is 10.6 Å². The van der Waals surface area contributed by atoms with Crippen LogP contribution in [-0.2, 0) is 16.1 Å². The molecule has 2 heterocycles. The van der Waals surface area contributed by atoms with Gasteiger partial charge in [0.25, 0.3) is 5.91 Å². The summed E-state index contributed by atoms with van der Waals surface area (Å²) in [4.78, 5) is 32.2. The number of amides is 2. The third-order valence-electron chi connectivity index (χ3n) is 6.06. The molecule has 0 aliphatic carbocycles. The van der Waals surface area contributed by atoms with Gasteiger partial charge >= 0.3 is 0 Å². The van der Waals surface area contributed by atoms with Crippen molar-refractivity contribution in [1.82, 2.24) is 20.4 Å². The lowest BCUT2D eigenvalue weighted by Gasteiger charge is -2.30. The summed E-state index contributed by atoms with van der Waals surface area (Å²) in [6.07, 6.45) is 2.17. The molecule has 4 rings (SSSR count). The maximum atomic E-state index is 12.9. The summed E-state index contributed by atoms with van der Waals surface area (Å²) < 4.78 is 10.4. The summed E-state index contributed by atoms with van der Waals surface area (Å²) in [5.41, 5.74) is 1.91. The predicted octanol–water partition coefficient (Wildman–Crippen LogP) is 3.35. The Kier molecular flexibility index (Phi) is 8.58. The van der Waals surface area contributed by atoms with Crippen molar-refractivity contribution in [2.75, 3.05) is 38.7 Å². The fourth-order valence-electron chi connectivity index (χ4n) is 4.11. The second kappa shape index (κ2) is 12.2. The number of aromatic nitrogens is 2. The number of ether oxygens (including phenoxy) is 1.